The summed E-state index contributed by atoms with van der Waals surface area (Å²) in [6, 6.07) is 0. The average molecular weight is 496 g/mol. The van der Waals surface area contributed by atoms with Crippen LogP contribution in [0.5, 0.6) is 0 Å². The largest absolute Gasteiger partial charge is 0.219 e. The molecule has 0 spiro atoms. The molecule has 36 heavy (non-hydrogen) atoms. The Hall–Kier alpha value is -2.97. The van der Waals surface area contributed by atoms with E-state index in [4.69, 9.17) is 0 Å². The van der Waals surface area contributed by atoms with Gasteiger partial charge in [0.15, 0.2) is 0 Å². The summed E-state index contributed by atoms with van der Waals surface area (Å²) in [4.78, 5) is 37.9. The first-order valence-corrected chi connectivity index (χ1v) is 13.2. The second kappa shape index (κ2) is 17.5. The molecule has 198 valence electrons. The van der Waals surface area contributed by atoms with Gasteiger partial charge < -0.3 is 0 Å². The highest BCUT2D eigenvalue weighted by molar-refractivity contribution is 4.97. The molecule has 9 heteroatoms. The van der Waals surface area contributed by atoms with Crippen LogP contribution in [0.4, 0.5) is 0 Å². The van der Waals surface area contributed by atoms with Gasteiger partial charge in [0.1, 0.15) is 52.4 Å². The molecule has 0 aliphatic rings. The Morgan fingerprint density at radius 3 is 0.833 bits per heavy atom. The molecule has 0 aliphatic heterocycles. The van der Waals surface area contributed by atoms with Gasteiger partial charge in [-0.15, -0.1) is 0 Å². The molecule has 0 saturated carbocycles. The van der Waals surface area contributed by atoms with Crippen molar-refractivity contribution in [2.75, 3.05) is 0 Å². The number of unbranched alkanes of at least 4 members (excludes halogenated alkanes) is 3. The van der Waals surface area contributed by atoms with Crippen molar-refractivity contribution in [3.8, 4) is 0 Å². The maximum Gasteiger partial charge on any atom is 0.132 e. The van der Waals surface area contributed by atoms with Crippen LogP contribution in [-0.4, -0.2) is 44.9 Å². The lowest BCUT2D eigenvalue weighted by molar-refractivity contribution is 0.690. The Morgan fingerprint density at radius 1 is 0.333 bits per heavy atom. The predicted octanol–water partition coefficient (Wildman–Crippen LogP) is 5.49. The van der Waals surface area contributed by atoms with Gasteiger partial charge in [-0.2, -0.15) is 0 Å². The average Bonchev–Trinajstić information content (AvgIpc) is 2.79. The first kappa shape index (κ1) is 31.1. The molecule has 3 aromatic heterocycles. The van der Waals surface area contributed by atoms with Crippen LogP contribution in [0.1, 0.15) is 112 Å². The van der Waals surface area contributed by atoms with Crippen LogP contribution in [0.25, 0.3) is 0 Å². The van der Waals surface area contributed by atoms with Crippen molar-refractivity contribution in [3.63, 3.8) is 0 Å². The maximum atomic E-state index is 4.49. The van der Waals surface area contributed by atoms with Crippen molar-refractivity contribution in [3.05, 3.63) is 52.4 Å². The van der Waals surface area contributed by atoms with Crippen LogP contribution in [0.3, 0.4) is 0 Å². The third-order valence-corrected chi connectivity index (χ3v) is 4.98. The van der Waals surface area contributed by atoms with Crippen LogP contribution in [-0.2, 0) is 19.3 Å². The standard InChI is InChI=1S/C12H21N3.C9H15N3.C6H9N3/c1-4-6-8-11-13-10(3)14-12(15-11)9-7-5-2;1-4-5-6-9-11-7(2)10-8(3)12-9;1-4-7-5(2)9-6(3)8-4/h4-9H2,1-3H3;4-6H2,1-3H3;1-3H3. The zero-order chi connectivity index (χ0) is 26.9. The molecule has 0 bridgehead atoms. The molecule has 0 atom stereocenters. The number of hydrogen-bond donors (Lipinski definition) is 0. The van der Waals surface area contributed by atoms with E-state index in [0.717, 1.165) is 90.9 Å². The van der Waals surface area contributed by atoms with Gasteiger partial charge in [-0.1, -0.05) is 40.0 Å². The Balaban J connectivity index is 0.000000279. The van der Waals surface area contributed by atoms with Gasteiger partial charge in [0.25, 0.3) is 0 Å². The molecule has 0 fully saturated rings. The van der Waals surface area contributed by atoms with Gasteiger partial charge >= 0.3 is 0 Å². The van der Waals surface area contributed by atoms with Crippen molar-refractivity contribution >= 4 is 0 Å². The van der Waals surface area contributed by atoms with E-state index in [1.807, 2.05) is 41.5 Å². The van der Waals surface area contributed by atoms with E-state index in [-0.39, 0.29) is 0 Å². The Kier molecular flexibility index (Phi) is 15.1. The zero-order valence-electron chi connectivity index (χ0n) is 23.9. The number of rotatable bonds is 9. The van der Waals surface area contributed by atoms with E-state index in [9.17, 15) is 0 Å². The Labute approximate surface area is 217 Å². The molecule has 0 radical (unpaired) electrons. The summed E-state index contributed by atoms with van der Waals surface area (Å²) >= 11 is 0. The van der Waals surface area contributed by atoms with Crippen LogP contribution < -0.4 is 0 Å². The monoisotopic (exact) mass is 495 g/mol. The first-order chi connectivity index (χ1) is 17.2. The molecular weight excluding hydrogens is 450 g/mol. The van der Waals surface area contributed by atoms with Gasteiger partial charge in [0.05, 0.1) is 0 Å². The summed E-state index contributed by atoms with van der Waals surface area (Å²) in [5.41, 5.74) is 0. The van der Waals surface area contributed by atoms with Gasteiger partial charge in [-0.25, -0.2) is 44.9 Å². The number of aromatic nitrogens is 9. The van der Waals surface area contributed by atoms with Crippen molar-refractivity contribution < 1.29 is 0 Å². The maximum absolute atomic E-state index is 4.49. The summed E-state index contributed by atoms with van der Waals surface area (Å²) in [6.45, 7) is 17.9. The highest BCUT2D eigenvalue weighted by atomic mass is 15.0. The molecule has 0 saturated heterocycles. The van der Waals surface area contributed by atoms with Crippen molar-refractivity contribution in [2.45, 2.75) is 120 Å². The molecule has 0 aromatic carbocycles. The Bertz CT molecular complexity index is 941. The van der Waals surface area contributed by atoms with E-state index < -0.39 is 0 Å². The minimum Gasteiger partial charge on any atom is -0.219 e. The van der Waals surface area contributed by atoms with E-state index in [2.05, 4.69) is 65.6 Å². The zero-order valence-corrected chi connectivity index (χ0v) is 23.9. The molecule has 3 heterocycles. The van der Waals surface area contributed by atoms with Crippen LogP contribution in [0, 0.1) is 41.5 Å². The van der Waals surface area contributed by atoms with Gasteiger partial charge in [0.2, 0.25) is 0 Å². The third-order valence-electron chi connectivity index (χ3n) is 4.98. The van der Waals surface area contributed by atoms with Crippen LogP contribution in [0.2, 0.25) is 0 Å². The lowest BCUT2D eigenvalue weighted by Gasteiger charge is -2.03. The lowest BCUT2D eigenvalue weighted by atomic mass is 10.2. The summed E-state index contributed by atoms with van der Waals surface area (Å²) in [7, 11) is 0. The number of hydrogen-bond acceptors (Lipinski definition) is 9. The lowest BCUT2D eigenvalue weighted by Crippen LogP contribution is -2.05. The Morgan fingerprint density at radius 2 is 0.556 bits per heavy atom. The SMILES string of the molecule is CCCCc1nc(C)nc(C)n1.CCCCc1nc(C)nc(CCCC)n1.Cc1nc(C)nc(C)n1. The summed E-state index contributed by atoms with van der Waals surface area (Å²) in [6.07, 6.45) is 9.99. The second-order valence-electron chi connectivity index (χ2n) is 8.85. The van der Waals surface area contributed by atoms with Gasteiger partial charge in [0, 0.05) is 19.3 Å². The smallest absolute Gasteiger partial charge is 0.132 e. The predicted molar refractivity (Wildman–Crippen MR) is 144 cm³/mol. The van der Waals surface area contributed by atoms with Crippen LogP contribution in [0.15, 0.2) is 0 Å². The van der Waals surface area contributed by atoms with E-state index >= 15 is 0 Å². The summed E-state index contributed by atoms with van der Waals surface area (Å²) < 4.78 is 0. The fraction of sp³-hybridized carbons (Fsp3) is 0.667. The molecular formula is C27H45N9. The summed E-state index contributed by atoms with van der Waals surface area (Å²) in [5, 5.41) is 0. The second-order valence-corrected chi connectivity index (χ2v) is 8.85. The van der Waals surface area contributed by atoms with Crippen molar-refractivity contribution in [1.82, 2.24) is 44.9 Å². The fourth-order valence-corrected chi connectivity index (χ4v) is 3.40. The van der Waals surface area contributed by atoms with E-state index in [1.54, 1.807) is 0 Å². The molecule has 0 aliphatic carbocycles. The normalized spacial score (nSPS) is 10.2. The molecule has 3 rings (SSSR count). The number of aryl methyl sites for hydroxylation is 9. The molecule has 9 nitrogen and oxygen atoms in total. The first-order valence-electron chi connectivity index (χ1n) is 13.2. The quantitative estimate of drug-likeness (QED) is 0.379. The molecule has 0 unspecified atom stereocenters. The topological polar surface area (TPSA) is 116 Å². The molecule has 0 amide bonds. The number of nitrogens with zero attached hydrogens (tertiary/aromatic N) is 9. The highest BCUT2D eigenvalue weighted by Crippen LogP contribution is 2.04. The van der Waals surface area contributed by atoms with E-state index in [0.29, 0.717) is 0 Å². The summed E-state index contributed by atoms with van der Waals surface area (Å²) in [5.74, 6) is 7.76. The van der Waals surface area contributed by atoms with Gasteiger partial charge in [-0.3, -0.25) is 0 Å². The van der Waals surface area contributed by atoms with E-state index in [1.165, 1.54) is 19.3 Å². The van der Waals surface area contributed by atoms with Crippen molar-refractivity contribution in [2.24, 2.45) is 0 Å². The minimum atomic E-state index is 0.792. The molecule has 0 N–H and O–H groups in total. The van der Waals surface area contributed by atoms with Crippen molar-refractivity contribution in [1.29, 1.82) is 0 Å². The minimum absolute atomic E-state index is 0.792. The van der Waals surface area contributed by atoms with Gasteiger partial charge in [-0.05, 0) is 60.8 Å². The van der Waals surface area contributed by atoms with Crippen LogP contribution >= 0.6 is 0 Å². The fourth-order valence-electron chi connectivity index (χ4n) is 3.40. The highest BCUT2D eigenvalue weighted by Gasteiger charge is 2.03. The molecule has 3 aromatic rings. The third kappa shape index (κ3) is 13.8.